The number of anilines is 2. The summed E-state index contributed by atoms with van der Waals surface area (Å²) < 4.78 is 19.4. The molecule has 0 unspecified atom stereocenters. The van der Waals surface area contributed by atoms with Crippen LogP contribution in [0.25, 0.3) is 0 Å². The number of carbonyl (C=O) groups is 1. The van der Waals surface area contributed by atoms with Gasteiger partial charge in [0.25, 0.3) is 0 Å². The summed E-state index contributed by atoms with van der Waals surface area (Å²) in [6.45, 7) is 1.24. The normalized spacial score (nSPS) is 16.9. The van der Waals surface area contributed by atoms with Gasteiger partial charge in [-0.2, -0.15) is 5.26 Å². The molecule has 1 atom stereocenters. The van der Waals surface area contributed by atoms with Crippen LogP contribution in [0.3, 0.4) is 0 Å². The Morgan fingerprint density at radius 3 is 2.90 bits per heavy atom. The average Bonchev–Trinajstić information content (AvgIpc) is 2.40. The number of alkyl halides is 1. The number of hydrogen-bond acceptors (Lipinski definition) is 4. The lowest BCUT2D eigenvalue weighted by Crippen LogP contribution is -2.33. The van der Waals surface area contributed by atoms with Crippen LogP contribution in [-0.4, -0.2) is 31.0 Å². The Balaban J connectivity index is 2.21. The molecule has 2 rings (SSSR count). The molecular formula is C13H13ClFN3O2. The maximum Gasteiger partial charge on any atom is 0.239 e. The Labute approximate surface area is 120 Å². The van der Waals surface area contributed by atoms with Crippen molar-refractivity contribution in [3.63, 3.8) is 0 Å². The van der Waals surface area contributed by atoms with E-state index in [-0.39, 0.29) is 23.2 Å². The molecule has 2 N–H and O–H groups in total. The van der Waals surface area contributed by atoms with Crippen LogP contribution >= 0.6 is 11.6 Å². The first kappa shape index (κ1) is 14.6. The smallest absolute Gasteiger partial charge is 0.239 e. The summed E-state index contributed by atoms with van der Waals surface area (Å²) in [6.07, 6.45) is 1.03. The molecule has 1 aromatic rings. The molecule has 1 aromatic carbocycles. The molecule has 1 aliphatic rings. The third-order valence-corrected chi connectivity index (χ3v) is 3.20. The van der Waals surface area contributed by atoms with Gasteiger partial charge in [0.05, 0.1) is 17.4 Å². The molecule has 0 radical (unpaired) electrons. The van der Waals surface area contributed by atoms with Gasteiger partial charge in [-0.15, -0.1) is 11.6 Å². The van der Waals surface area contributed by atoms with Gasteiger partial charge >= 0.3 is 0 Å². The van der Waals surface area contributed by atoms with Crippen molar-refractivity contribution in [1.29, 1.82) is 5.26 Å². The van der Waals surface area contributed by atoms with Crippen LogP contribution in [0, 0.1) is 17.1 Å². The first-order valence-electron chi connectivity index (χ1n) is 6.09. The van der Waals surface area contributed by atoms with Crippen molar-refractivity contribution in [3.8, 4) is 6.07 Å². The zero-order valence-corrected chi connectivity index (χ0v) is 11.3. The predicted molar refractivity (Wildman–Crippen MR) is 73.3 cm³/mol. The monoisotopic (exact) mass is 297 g/mol. The first-order valence-corrected chi connectivity index (χ1v) is 6.63. The standard InChI is InChI=1S/C13H13ClFN3O2/c14-5-11(19)18-13-10(17-7-9-3-4-20-9)2-1-8(6-16)12(13)15/h1-2,9,17H,3-5,7H2,(H,18,19)/t9-/m0/s1. The van der Waals surface area contributed by atoms with Crippen molar-refractivity contribution >= 4 is 28.9 Å². The van der Waals surface area contributed by atoms with E-state index in [1.54, 1.807) is 12.1 Å². The molecule has 1 amide bonds. The van der Waals surface area contributed by atoms with Gasteiger partial charge in [0.2, 0.25) is 5.91 Å². The van der Waals surface area contributed by atoms with E-state index in [1.807, 2.05) is 0 Å². The lowest BCUT2D eigenvalue weighted by molar-refractivity contribution is -0.113. The third-order valence-electron chi connectivity index (χ3n) is 2.96. The second-order valence-electron chi connectivity index (χ2n) is 4.31. The SMILES string of the molecule is N#Cc1ccc(NC[C@@H]2CCO2)c(NC(=O)CCl)c1F. The summed E-state index contributed by atoms with van der Waals surface area (Å²) >= 11 is 5.40. The van der Waals surface area contributed by atoms with Gasteiger partial charge < -0.3 is 15.4 Å². The van der Waals surface area contributed by atoms with Gasteiger partial charge in [-0.1, -0.05) is 0 Å². The van der Waals surface area contributed by atoms with E-state index in [0.717, 1.165) is 13.0 Å². The molecule has 0 aliphatic carbocycles. The van der Waals surface area contributed by atoms with Gasteiger partial charge in [-0.25, -0.2) is 4.39 Å². The Morgan fingerprint density at radius 1 is 1.60 bits per heavy atom. The molecule has 0 aromatic heterocycles. The first-order chi connectivity index (χ1) is 9.65. The zero-order chi connectivity index (χ0) is 14.5. The van der Waals surface area contributed by atoms with Crippen molar-refractivity contribution in [2.45, 2.75) is 12.5 Å². The van der Waals surface area contributed by atoms with Gasteiger partial charge in [0, 0.05) is 13.2 Å². The van der Waals surface area contributed by atoms with E-state index in [2.05, 4.69) is 10.6 Å². The third kappa shape index (κ3) is 3.18. The maximum absolute atomic E-state index is 14.1. The summed E-state index contributed by atoms with van der Waals surface area (Å²) in [5.74, 6) is -1.60. The molecule has 1 aliphatic heterocycles. The van der Waals surface area contributed by atoms with Crippen molar-refractivity contribution in [1.82, 2.24) is 0 Å². The Kier molecular flexibility index (Phi) is 4.77. The number of ether oxygens (including phenoxy) is 1. The van der Waals surface area contributed by atoms with Crippen LogP contribution in [0.4, 0.5) is 15.8 Å². The lowest BCUT2D eigenvalue weighted by atomic mass is 10.1. The lowest BCUT2D eigenvalue weighted by Gasteiger charge is -2.27. The molecule has 106 valence electrons. The number of benzene rings is 1. The van der Waals surface area contributed by atoms with Crippen LogP contribution in [0.5, 0.6) is 0 Å². The van der Waals surface area contributed by atoms with E-state index in [9.17, 15) is 9.18 Å². The highest BCUT2D eigenvalue weighted by atomic mass is 35.5. The number of carbonyl (C=O) groups excluding carboxylic acids is 1. The molecule has 20 heavy (non-hydrogen) atoms. The number of nitrogens with one attached hydrogen (secondary N) is 2. The zero-order valence-electron chi connectivity index (χ0n) is 10.6. The number of nitriles is 1. The highest BCUT2D eigenvalue weighted by Crippen LogP contribution is 2.28. The van der Waals surface area contributed by atoms with Gasteiger partial charge in [-0.3, -0.25) is 4.79 Å². The molecule has 1 saturated heterocycles. The number of hydrogen-bond donors (Lipinski definition) is 2. The summed E-state index contributed by atoms with van der Waals surface area (Å²) in [5, 5.41) is 14.2. The maximum atomic E-state index is 14.1. The van der Waals surface area contributed by atoms with Crippen LogP contribution in [-0.2, 0) is 9.53 Å². The highest BCUT2D eigenvalue weighted by molar-refractivity contribution is 6.29. The second-order valence-corrected chi connectivity index (χ2v) is 4.57. The van der Waals surface area contributed by atoms with Gasteiger partial charge in [0.15, 0.2) is 5.82 Å². The second kappa shape index (κ2) is 6.55. The minimum Gasteiger partial charge on any atom is -0.381 e. The highest BCUT2D eigenvalue weighted by Gasteiger charge is 2.20. The Bertz CT molecular complexity index is 555. The minimum absolute atomic E-state index is 0.0611. The molecule has 5 nitrogen and oxygen atoms in total. The molecular weight excluding hydrogens is 285 g/mol. The van der Waals surface area contributed by atoms with E-state index in [1.165, 1.54) is 6.07 Å². The largest absolute Gasteiger partial charge is 0.381 e. The summed E-state index contributed by atoms with van der Waals surface area (Å²) in [4.78, 5) is 11.3. The van der Waals surface area contributed by atoms with Gasteiger partial charge in [0.1, 0.15) is 17.6 Å². The van der Waals surface area contributed by atoms with Gasteiger partial charge in [-0.05, 0) is 18.6 Å². The summed E-state index contributed by atoms with van der Waals surface area (Å²) in [5.41, 5.74) is 0.199. The van der Waals surface area contributed by atoms with E-state index in [4.69, 9.17) is 21.6 Å². The number of halogens is 2. The number of amides is 1. The fourth-order valence-electron chi connectivity index (χ4n) is 1.77. The van der Waals surface area contributed by atoms with Crippen molar-refractivity contribution < 1.29 is 13.9 Å². The van der Waals surface area contributed by atoms with Crippen LogP contribution in [0.2, 0.25) is 0 Å². The topological polar surface area (TPSA) is 74.2 Å². The number of rotatable bonds is 5. The van der Waals surface area contributed by atoms with Crippen LogP contribution < -0.4 is 10.6 Å². The van der Waals surface area contributed by atoms with Crippen molar-refractivity contribution in [2.75, 3.05) is 29.7 Å². The predicted octanol–water partition coefficient (Wildman–Crippen LogP) is 2.08. The van der Waals surface area contributed by atoms with Crippen molar-refractivity contribution in [2.24, 2.45) is 0 Å². The fourth-order valence-corrected chi connectivity index (χ4v) is 1.84. The van der Waals surface area contributed by atoms with Crippen LogP contribution in [0.15, 0.2) is 12.1 Å². The summed E-state index contributed by atoms with van der Waals surface area (Å²) in [6, 6.07) is 4.63. The quantitative estimate of drug-likeness (QED) is 0.816. The van der Waals surface area contributed by atoms with Crippen molar-refractivity contribution in [3.05, 3.63) is 23.5 Å². The molecule has 1 fully saturated rings. The van der Waals surface area contributed by atoms with E-state index in [0.29, 0.717) is 12.2 Å². The Hall–Kier alpha value is -1.84. The summed E-state index contributed by atoms with van der Waals surface area (Å²) in [7, 11) is 0. The molecule has 0 spiro atoms. The molecule has 1 heterocycles. The molecule has 0 bridgehead atoms. The average molecular weight is 298 g/mol. The number of nitrogens with zero attached hydrogens (tertiary/aromatic N) is 1. The minimum atomic E-state index is -0.773. The molecule has 7 heteroatoms. The Morgan fingerprint density at radius 2 is 2.35 bits per heavy atom. The van der Waals surface area contributed by atoms with E-state index < -0.39 is 11.7 Å². The van der Waals surface area contributed by atoms with E-state index >= 15 is 0 Å². The molecule has 0 saturated carbocycles. The fraction of sp³-hybridized carbons (Fsp3) is 0.385. The van der Waals surface area contributed by atoms with Crippen LogP contribution in [0.1, 0.15) is 12.0 Å².